The molecule has 9 N–H and O–H groups in total. The maximum atomic E-state index is 12.4. The van der Waals surface area contributed by atoms with E-state index < -0.39 is 96.8 Å². The van der Waals surface area contributed by atoms with E-state index in [1.165, 1.54) is 0 Å². The molecule has 5 aliphatic carbocycles. The van der Waals surface area contributed by atoms with Crippen molar-refractivity contribution < 1.29 is 69.6 Å². The third-order valence-corrected chi connectivity index (χ3v) is 17.6. The van der Waals surface area contributed by atoms with Crippen molar-refractivity contribution >= 4 is 0 Å². The van der Waals surface area contributed by atoms with Gasteiger partial charge in [0.05, 0.1) is 48.8 Å². The van der Waals surface area contributed by atoms with Crippen molar-refractivity contribution in [1.29, 1.82) is 0 Å². The summed E-state index contributed by atoms with van der Waals surface area (Å²) in [6, 6.07) is 0. The van der Waals surface area contributed by atoms with Crippen molar-refractivity contribution in [2.75, 3.05) is 13.2 Å². The molecule has 316 valence electrons. The Morgan fingerprint density at radius 2 is 1.42 bits per heavy atom. The molecule has 0 aromatic carbocycles. The summed E-state index contributed by atoms with van der Waals surface area (Å²) in [4.78, 5) is 0. The fourth-order valence-corrected chi connectivity index (χ4v) is 14.9. The van der Waals surface area contributed by atoms with Crippen LogP contribution in [0.15, 0.2) is 0 Å². The number of hydrogen-bond donors (Lipinski definition) is 9. The second kappa shape index (κ2) is 13.2. The van der Waals surface area contributed by atoms with Gasteiger partial charge in [-0.15, -0.1) is 0 Å². The molecule has 3 heterocycles. The minimum absolute atomic E-state index is 0.0193. The fourth-order valence-electron chi connectivity index (χ4n) is 14.9. The highest BCUT2D eigenvalue weighted by molar-refractivity contribution is 5.33. The molecule has 0 radical (unpaired) electrons. The first kappa shape index (κ1) is 41.2. The van der Waals surface area contributed by atoms with Gasteiger partial charge in [-0.3, -0.25) is 0 Å². The summed E-state index contributed by atoms with van der Waals surface area (Å²) in [7, 11) is 0. The van der Waals surface area contributed by atoms with Gasteiger partial charge in [-0.05, 0) is 117 Å². The zero-order chi connectivity index (χ0) is 40.1. The Morgan fingerprint density at radius 3 is 2.07 bits per heavy atom. The van der Waals surface area contributed by atoms with Gasteiger partial charge in [-0.1, -0.05) is 27.7 Å². The Kier molecular flexibility index (Phi) is 9.90. The summed E-state index contributed by atoms with van der Waals surface area (Å²) in [6.45, 7) is 13.8. The summed E-state index contributed by atoms with van der Waals surface area (Å²) in [6.07, 6.45) is -7.87. The third-order valence-electron chi connectivity index (χ3n) is 17.6. The third kappa shape index (κ3) is 5.70. The maximum Gasteiger partial charge on any atom is 0.187 e. The molecule has 5 saturated carbocycles. The van der Waals surface area contributed by atoms with E-state index in [1.807, 2.05) is 0 Å². The number of fused-ring (bicyclic) bond motifs is 2. The van der Waals surface area contributed by atoms with Crippen molar-refractivity contribution in [3.8, 4) is 0 Å². The molecule has 0 aromatic rings. The van der Waals surface area contributed by atoms with Crippen molar-refractivity contribution in [3.05, 3.63) is 0 Å². The number of hydrogen-bond acceptors (Lipinski definition) is 14. The lowest BCUT2D eigenvalue weighted by atomic mass is 9.41. The maximum absolute atomic E-state index is 12.4. The summed E-state index contributed by atoms with van der Waals surface area (Å²) in [5.74, 6) is 0.0159. The lowest BCUT2D eigenvalue weighted by molar-refractivity contribution is -0.366. The molecular formula is C41H68O14. The number of rotatable bonds is 7. The highest BCUT2D eigenvalue weighted by atomic mass is 16.8. The molecule has 0 bridgehead atoms. The Balaban J connectivity index is 1.02. The van der Waals surface area contributed by atoms with Gasteiger partial charge >= 0.3 is 0 Å². The van der Waals surface area contributed by atoms with Crippen LogP contribution in [0.2, 0.25) is 0 Å². The fraction of sp³-hybridized carbons (Fsp3) is 1.00. The zero-order valence-electron chi connectivity index (χ0n) is 33.6. The van der Waals surface area contributed by atoms with Crippen molar-refractivity contribution in [2.24, 2.45) is 44.8 Å². The van der Waals surface area contributed by atoms with Gasteiger partial charge in [0.2, 0.25) is 0 Å². The molecule has 3 saturated heterocycles. The lowest BCUT2D eigenvalue weighted by Crippen LogP contribution is -2.64. The zero-order valence-corrected chi connectivity index (χ0v) is 33.6. The Morgan fingerprint density at radius 1 is 0.709 bits per heavy atom. The molecule has 21 atom stereocenters. The van der Waals surface area contributed by atoms with Gasteiger partial charge in [0.25, 0.3) is 0 Å². The molecule has 0 amide bonds. The minimum Gasteiger partial charge on any atom is -0.394 e. The second-order valence-electron chi connectivity index (χ2n) is 21.1. The van der Waals surface area contributed by atoms with Crippen LogP contribution in [0.4, 0.5) is 0 Å². The smallest absolute Gasteiger partial charge is 0.187 e. The molecule has 8 rings (SSSR count). The van der Waals surface area contributed by atoms with Crippen LogP contribution in [0.1, 0.15) is 106 Å². The van der Waals surface area contributed by atoms with Gasteiger partial charge < -0.3 is 69.6 Å². The molecule has 8 fully saturated rings. The highest BCUT2D eigenvalue weighted by Gasteiger charge is 2.85. The quantitative estimate of drug-likeness (QED) is 0.162. The molecule has 55 heavy (non-hydrogen) atoms. The van der Waals surface area contributed by atoms with E-state index >= 15 is 0 Å². The van der Waals surface area contributed by atoms with Crippen LogP contribution < -0.4 is 0 Å². The topological polar surface area (TPSA) is 228 Å². The van der Waals surface area contributed by atoms with Crippen LogP contribution in [0, 0.1) is 44.8 Å². The van der Waals surface area contributed by atoms with E-state index in [9.17, 15) is 46.0 Å². The molecule has 14 heteroatoms. The first-order valence-corrected chi connectivity index (χ1v) is 20.9. The summed E-state index contributed by atoms with van der Waals surface area (Å²) >= 11 is 0. The van der Waals surface area contributed by atoms with E-state index in [1.54, 1.807) is 13.8 Å². The van der Waals surface area contributed by atoms with Crippen LogP contribution in [-0.2, 0) is 23.7 Å². The Hall–Kier alpha value is -0.560. The normalized spacial score (nSPS) is 58.7. The van der Waals surface area contributed by atoms with Crippen LogP contribution >= 0.6 is 0 Å². The van der Waals surface area contributed by atoms with E-state index in [-0.39, 0.29) is 52.1 Å². The number of aliphatic hydroxyl groups is 9. The van der Waals surface area contributed by atoms with Crippen LogP contribution in [-0.4, -0.2) is 150 Å². The first-order chi connectivity index (χ1) is 25.5. The molecule has 3 aliphatic heterocycles. The Labute approximate surface area is 324 Å². The molecule has 0 aromatic heterocycles. The van der Waals surface area contributed by atoms with Gasteiger partial charge in [-0.2, -0.15) is 0 Å². The summed E-state index contributed by atoms with van der Waals surface area (Å²) in [5, 5.41) is 97.9. The summed E-state index contributed by atoms with van der Waals surface area (Å²) in [5.41, 5.74) is -2.64. The predicted octanol–water partition coefficient (Wildman–Crippen LogP) is 0.724. The van der Waals surface area contributed by atoms with Gasteiger partial charge in [0.15, 0.2) is 12.6 Å². The summed E-state index contributed by atoms with van der Waals surface area (Å²) < 4.78 is 30.9. The standard InChI is InChI=1S/C41H68O14/c1-35(2)24(53-34-30(26(46)21(45)17-51-34)54-33-29(49)28(48)27(47)22(16-42)52-33)9-11-41-18-40(41)13-12-37(5)32(39(7)10-8-25(55-39)36(3,4)50)20(44)15-38(37,6)23(40)14-19(43)31(35)41/h19-34,42-50H,8-18H2,1-7H3/t19?,20?,21?,22?,23?,24?,25?,26?,27?,28?,29?,30?,31?,32?,33?,34?,37-,38+,39-,40?,41-/m1/s1. The van der Waals surface area contributed by atoms with Gasteiger partial charge in [0, 0.05) is 5.92 Å². The van der Waals surface area contributed by atoms with E-state index in [0.717, 1.165) is 38.5 Å². The molecule has 2 spiro atoms. The average molecular weight is 785 g/mol. The van der Waals surface area contributed by atoms with Crippen LogP contribution in [0.3, 0.4) is 0 Å². The Bertz CT molecular complexity index is 1460. The largest absolute Gasteiger partial charge is 0.394 e. The van der Waals surface area contributed by atoms with E-state index in [4.69, 9.17) is 23.7 Å². The number of aliphatic hydroxyl groups excluding tert-OH is 8. The van der Waals surface area contributed by atoms with Crippen LogP contribution in [0.25, 0.3) is 0 Å². The highest BCUT2D eigenvalue weighted by Crippen LogP contribution is 2.89. The minimum atomic E-state index is -1.72. The monoisotopic (exact) mass is 784 g/mol. The molecule has 14 nitrogen and oxygen atoms in total. The van der Waals surface area contributed by atoms with Crippen molar-refractivity contribution in [1.82, 2.24) is 0 Å². The average Bonchev–Trinajstić information content (AvgIpc) is 3.45. The SMILES string of the molecule is CC(C)(O)C1CC[C@](C)(C2C(O)C[C@@]3(C)C4CC(O)C5C(C)(C)C(OC6OCC(O)C(O)C6OC6OC(CO)C(O)C(O)C6O)CC[C@@]56CC46CC[C@]23C)O1. The number of ether oxygens (including phenoxy) is 5. The second-order valence-corrected chi connectivity index (χ2v) is 21.1. The molecule has 8 aliphatic rings. The van der Waals surface area contributed by atoms with Crippen LogP contribution in [0.5, 0.6) is 0 Å². The van der Waals surface area contributed by atoms with Gasteiger partial charge in [-0.25, -0.2) is 0 Å². The van der Waals surface area contributed by atoms with Crippen molar-refractivity contribution in [2.45, 2.75) is 197 Å². The molecular weight excluding hydrogens is 716 g/mol. The lowest BCUT2D eigenvalue weighted by Gasteiger charge is -2.64. The van der Waals surface area contributed by atoms with E-state index in [2.05, 4.69) is 34.6 Å². The van der Waals surface area contributed by atoms with E-state index in [0.29, 0.717) is 19.3 Å². The first-order valence-electron chi connectivity index (χ1n) is 20.9. The predicted molar refractivity (Wildman–Crippen MR) is 194 cm³/mol. The van der Waals surface area contributed by atoms with Gasteiger partial charge in [0.1, 0.15) is 42.7 Å². The molecule has 17 unspecified atom stereocenters. The van der Waals surface area contributed by atoms with Crippen molar-refractivity contribution in [3.63, 3.8) is 0 Å².